The summed E-state index contributed by atoms with van der Waals surface area (Å²) >= 11 is 0. The summed E-state index contributed by atoms with van der Waals surface area (Å²) < 4.78 is 42.0. The van der Waals surface area contributed by atoms with Gasteiger partial charge in [0.05, 0.1) is 5.69 Å². The van der Waals surface area contributed by atoms with Crippen LogP contribution in [-0.4, -0.2) is 63.2 Å². The van der Waals surface area contributed by atoms with Crippen LogP contribution in [0.4, 0.5) is 10.1 Å². The van der Waals surface area contributed by atoms with E-state index in [-0.39, 0.29) is 12.2 Å². The third kappa shape index (κ3) is 5.83. The summed E-state index contributed by atoms with van der Waals surface area (Å²) in [7, 11) is -0.147. The van der Waals surface area contributed by atoms with Gasteiger partial charge in [-0.25, -0.2) is 8.70 Å². The number of nitrogens with one attached hydrogen (secondary N) is 1. The molecule has 0 aliphatic carbocycles. The molecule has 0 aliphatic heterocycles. The molecule has 8 nitrogen and oxygen atoms in total. The lowest BCUT2D eigenvalue weighted by Gasteiger charge is -2.32. The van der Waals surface area contributed by atoms with E-state index < -0.39 is 40.4 Å². The fourth-order valence-corrected chi connectivity index (χ4v) is 4.22. The van der Waals surface area contributed by atoms with Gasteiger partial charge in [0.2, 0.25) is 11.8 Å². The van der Waals surface area contributed by atoms with E-state index in [0.717, 1.165) is 21.5 Å². The first kappa shape index (κ1) is 25.3. The van der Waals surface area contributed by atoms with Gasteiger partial charge >= 0.3 is 10.2 Å². The van der Waals surface area contributed by atoms with E-state index in [1.807, 2.05) is 31.2 Å². The second kappa shape index (κ2) is 10.6. The van der Waals surface area contributed by atoms with Crippen molar-refractivity contribution in [2.24, 2.45) is 0 Å². The number of likely N-dealkylation sites (N-methyl/N-ethyl adjacent to an activating group) is 1. The summed E-state index contributed by atoms with van der Waals surface area (Å²) in [5.74, 6) is -1.83. The number of aryl methyl sites for hydroxylation is 1. The maximum absolute atomic E-state index is 14.5. The van der Waals surface area contributed by atoms with Gasteiger partial charge in [-0.1, -0.05) is 42.0 Å². The third-order valence-corrected chi connectivity index (χ3v) is 6.79. The van der Waals surface area contributed by atoms with Crippen molar-refractivity contribution >= 4 is 27.7 Å². The zero-order chi connectivity index (χ0) is 24.1. The van der Waals surface area contributed by atoms with Crippen LogP contribution < -0.4 is 9.62 Å². The second-order valence-electron chi connectivity index (χ2n) is 7.55. The first-order valence-corrected chi connectivity index (χ1v) is 11.4. The lowest BCUT2D eigenvalue weighted by molar-refractivity contribution is -0.139. The lowest BCUT2D eigenvalue weighted by atomic mass is 10.1. The molecule has 0 aromatic heterocycles. The van der Waals surface area contributed by atoms with Gasteiger partial charge in [0.1, 0.15) is 18.4 Å². The Labute approximate surface area is 188 Å². The summed E-state index contributed by atoms with van der Waals surface area (Å²) in [6.07, 6.45) is 0. The standard InChI is InChI=1S/C22H29FN4O4S/c1-16-9-8-10-18(13-16)14-26(17(2)22(29)24-3)21(28)15-27(32(30,31)25(4)5)20-12-7-6-11-19(20)23/h6-13,17H,14-15H2,1-5H3,(H,24,29)/t17-/m0/s1. The molecule has 0 saturated heterocycles. The van der Waals surface area contributed by atoms with Crippen LogP contribution in [0.25, 0.3) is 0 Å². The van der Waals surface area contributed by atoms with E-state index in [0.29, 0.717) is 4.31 Å². The van der Waals surface area contributed by atoms with E-state index in [4.69, 9.17) is 0 Å². The van der Waals surface area contributed by atoms with Gasteiger partial charge in [-0.15, -0.1) is 0 Å². The van der Waals surface area contributed by atoms with Gasteiger partial charge in [-0.05, 0) is 31.5 Å². The van der Waals surface area contributed by atoms with Gasteiger partial charge in [0.15, 0.2) is 0 Å². The molecule has 0 radical (unpaired) electrons. The zero-order valence-corrected chi connectivity index (χ0v) is 19.7. The van der Waals surface area contributed by atoms with Gasteiger partial charge in [0, 0.05) is 27.7 Å². The van der Waals surface area contributed by atoms with Gasteiger partial charge in [-0.2, -0.15) is 12.7 Å². The first-order valence-electron chi connectivity index (χ1n) is 10.00. The highest BCUT2D eigenvalue weighted by atomic mass is 32.2. The van der Waals surface area contributed by atoms with E-state index in [9.17, 15) is 22.4 Å². The number of rotatable bonds is 9. The van der Waals surface area contributed by atoms with Crippen molar-refractivity contribution in [1.82, 2.24) is 14.5 Å². The van der Waals surface area contributed by atoms with Crippen molar-refractivity contribution in [3.8, 4) is 0 Å². The summed E-state index contributed by atoms with van der Waals surface area (Å²) in [5.41, 5.74) is 1.50. The molecule has 0 heterocycles. The maximum Gasteiger partial charge on any atom is 0.304 e. The van der Waals surface area contributed by atoms with Crippen molar-refractivity contribution in [3.05, 3.63) is 65.5 Å². The van der Waals surface area contributed by atoms with Crippen LogP contribution in [0.15, 0.2) is 48.5 Å². The van der Waals surface area contributed by atoms with Crippen molar-refractivity contribution in [2.75, 3.05) is 32.0 Å². The number of halogens is 1. The van der Waals surface area contributed by atoms with E-state index in [1.165, 1.54) is 44.2 Å². The van der Waals surface area contributed by atoms with Crippen LogP contribution in [0.3, 0.4) is 0 Å². The van der Waals surface area contributed by atoms with Crippen molar-refractivity contribution in [1.29, 1.82) is 0 Å². The number of anilines is 1. The third-order valence-electron chi connectivity index (χ3n) is 4.99. The number of para-hydroxylation sites is 1. The molecule has 2 aromatic rings. The highest BCUT2D eigenvalue weighted by Gasteiger charge is 2.33. The highest BCUT2D eigenvalue weighted by molar-refractivity contribution is 7.90. The Morgan fingerprint density at radius 1 is 1.09 bits per heavy atom. The second-order valence-corrected chi connectivity index (χ2v) is 9.62. The van der Waals surface area contributed by atoms with Crippen LogP contribution in [0, 0.1) is 12.7 Å². The molecule has 0 saturated carbocycles. The summed E-state index contributed by atoms with van der Waals surface area (Å²) in [6.45, 7) is 2.87. The minimum Gasteiger partial charge on any atom is -0.357 e. The highest BCUT2D eigenvalue weighted by Crippen LogP contribution is 2.23. The molecule has 0 bridgehead atoms. The summed E-state index contributed by atoms with van der Waals surface area (Å²) in [5, 5.41) is 2.51. The van der Waals surface area contributed by atoms with E-state index >= 15 is 0 Å². The number of carbonyl (C=O) groups is 2. The van der Waals surface area contributed by atoms with Gasteiger partial charge in [0.25, 0.3) is 0 Å². The van der Waals surface area contributed by atoms with Crippen molar-refractivity contribution < 1.29 is 22.4 Å². The molecule has 10 heteroatoms. The fraction of sp³-hybridized carbons (Fsp3) is 0.364. The molecular weight excluding hydrogens is 435 g/mol. The molecule has 0 fully saturated rings. The first-order chi connectivity index (χ1) is 15.0. The number of nitrogens with zero attached hydrogens (tertiary/aromatic N) is 3. The molecule has 0 spiro atoms. The predicted octanol–water partition coefficient (Wildman–Crippen LogP) is 1.91. The van der Waals surface area contributed by atoms with Crippen LogP contribution in [0.1, 0.15) is 18.1 Å². The molecule has 2 amide bonds. The largest absolute Gasteiger partial charge is 0.357 e. The van der Waals surface area contributed by atoms with Gasteiger partial charge in [-0.3, -0.25) is 9.59 Å². The fourth-order valence-electron chi connectivity index (χ4n) is 3.15. The van der Waals surface area contributed by atoms with Crippen molar-refractivity contribution in [2.45, 2.75) is 26.4 Å². The Kier molecular flexibility index (Phi) is 8.34. The molecule has 1 N–H and O–H groups in total. The lowest BCUT2D eigenvalue weighted by Crippen LogP contribution is -2.52. The minimum absolute atomic E-state index is 0.0855. The smallest absolute Gasteiger partial charge is 0.304 e. The Morgan fingerprint density at radius 2 is 1.75 bits per heavy atom. The topological polar surface area (TPSA) is 90.0 Å². The van der Waals surface area contributed by atoms with Crippen LogP contribution >= 0.6 is 0 Å². The summed E-state index contributed by atoms with van der Waals surface area (Å²) in [6, 6.07) is 11.9. The molecule has 2 rings (SSSR count). The Morgan fingerprint density at radius 3 is 2.31 bits per heavy atom. The predicted molar refractivity (Wildman–Crippen MR) is 122 cm³/mol. The van der Waals surface area contributed by atoms with Crippen LogP contribution in [0.2, 0.25) is 0 Å². The van der Waals surface area contributed by atoms with Crippen LogP contribution in [-0.2, 0) is 26.3 Å². The monoisotopic (exact) mass is 464 g/mol. The quantitative estimate of drug-likeness (QED) is 0.614. The zero-order valence-electron chi connectivity index (χ0n) is 18.9. The number of benzene rings is 2. The van der Waals surface area contributed by atoms with Crippen LogP contribution in [0.5, 0.6) is 0 Å². The minimum atomic E-state index is -4.20. The molecule has 0 unspecified atom stereocenters. The maximum atomic E-state index is 14.5. The molecule has 2 aromatic carbocycles. The van der Waals surface area contributed by atoms with Gasteiger partial charge < -0.3 is 10.2 Å². The number of hydrogen-bond donors (Lipinski definition) is 1. The number of carbonyl (C=O) groups excluding carboxylic acids is 2. The van der Waals surface area contributed by atoms with Crippen molar-refractivity contribution in [3.63, 3.8) is 0 Å². The van der Waals surface area contributed by atoms with E-state index in [2.05, 4.69) is 5.32 Å². The Hall–Kier alpha value is -2.98. The Bertz CT molecular complexity index is 1080. The molecule has 1 atom stereocenters. The van der Waals surface area contributed by atoms with E-state index in [1.54, 1.807) is 6.92 Å². The average Bonchev–Trinajstić information content (AvgIpc) is 2.75. The normalized spacial score (nSPS) is 12.3. The summed E-state index contributed by atoms with van der Waals surface area (Å²) in [4.78, 5) is 27.0. The SMILES string of the molecule is CNC(=O)[C@H](C)N(Cc1cccc(C)c1)C(=O)CN(c1ccccc1F)S(=O)(=O)N(C)C. The Balaban J connectivity index is 2.47. The number of amides is 2. The average molecular weight is 465 g/mol. The molecule has 32 heavy (non-hydrogen) atoms. The molecule has 0 aliphatic rings. The molecule has 174 valence electrons. The number of hydrogen-bond acceptors (Lipinski definition) is 4. The molecular formula is C22H29FN4O4S.